The molecule has 1 N–H and O–H groups in total. The monoisotopic (exact) mass is 291 g/mol. The number of aryl methyl sites for hydroxylation is 1. The minimum atomic E-state index is -5.13. The van der Waals surface area contributed by atoms with Crippen molar-refractivity contribution >= 4 is 19.7 Å². The van der Waals surface area contributed by atoms with E-state index in [1.807, 2.05) is 0 Å². The lowest BCUT2D eigenvalue weighted by Gasteiger charge is -2.12. The van der Waals surface area contributed by atoms with E-state index in [1.54, 1.807) is 0 Å². The number of alkyl halides is 3. The summed E-state index contributed by atoms with van der Waals surface area (Å²) in [5.41, 5.74) is -0.196. The highest BCUT2D eigenvalue weighted by atomic mass is 35.7. The van der Waals surface area contributed by atoms with Crippen molar-refractivity contribution in [3.05, 3.63) is 11.9 Å². The Balaban J connectivity index is 3.47. The lowest BCUT2D eigenvalue weighted by molar-refractivity contribution is -0.275. The number of rotatable bonds is 2. The third kappa shape index (κ3) is 3.37. The van der Waals surface area contributed by atoms with Gasteiger partial charge in [-0.05, 0) is 6.92 Å². The van der Waals surface area contributed by atoms with Gasteiger partial charge in [0.05, 0.1) is 11.9 Å². The largest absolute Gasteiger partial charge is 0.573 e. The number of ether oxygens (including phenoxy) is 1. The summed E-state index contributed by atoms with van der Waals surface area (Å²) in [5, 5.41) is 9.34. The van der Waals surface area contributed by atoms with Crippen molar-refractivity contribution < 1.29 is 31.4 Å². The number of halogens is 4. The van der Waals surface area contributed by atoms with Gasteiger partial charge in [-0.1, -0.05) is 0 Å². The van der Waals surface area contributed by atoms with E-state index in [-0.39, 0.29) is 5.69 Å². The average molecular weight is 292 g/mol. The first-order valence-corrected chi connectivity index (χ1v) is 6.22. The Morgan fingerprint density at radius 1 is 1.47 bits per heavy atom. The van der Waals surface area contributed by atoms with Crippen LogP contribution in [0.2, 0.25) is 0 Å². The lowest BCUT2D eigenvalue weighted by atomic mass is 10.3. The third-order valence-corrected chi connectivity index (χ3v) is 2.97. The molecule has 0 saturated carbocycles. The van der Waals surface area contributed by atoms with Crippen LogP contribution in [0.15, 0.2) is 11.1 Å². The third-order valence-electron chi connectivity index (χ3n) is 1.63. The zero-order valence-corrected chi connectivity index (χ0v) is 9.69. The van der Waals surface area contributed by atoms with E-state index in [0.717, 1.165) is 0 Å². The molecule has 0 radical (unpaired) electrons. The number of hydrogen-bond acceptors (Lipinski definition) is 5. The first-order chi connectivity index (χ1) is 7.52. The second-order valence-corrected chi connectivity index (χ2v) is 5.37. The maximum absolute atomic E-state index is 12.0. The molecule has 0 atom stereocenters. The molecular weight excluding hydrogens is 287 g/mol. The summed E-state index contributed by atoms with van der Waals surface area (Å²) >= 11 is 0. The van der Waals surface area contributed by atoms with E-state index < -0.39 is 31.8 Å². The van der Waals surface area contributed by atoms with E-state index in [1.165, 1.54) is 6.92 Å². The Bertz CT molecular complexity index is 543. The van der Waals surface area contributed by atoms with Crippen LogP contribution < -0.4 is 4.74 Å². The molecule has 1 aromatic rings. The minimum Gasteiger partial charge on any atom is -0.505 e. The molecule has 0 aliphatic carbocycles. The van der Waals surface area contributed by atoms with Gasteiger partial charge >= 0.3 is 6.36 Å². The molecule has 0 aromatic carbocycles. The van der Waals surface area contributed by atoms with E-state index in [0.29, 0.717) is 6.20 Å². The molecule has 17 heavy (non-hydrogen) atoms. The summed E-state index contributed by atoms with van der Waals surface area (Å²) in [6.07, 6.45) is -4.61. The lowest BCUT2D eigenvalue weighted by Crippen LogP contribution is -2.18. The molecule has 5 nitrogen and oxygen atoms in total. The molecular formula is C7H5ClF3NO4S. The number of hydrogen-bond donors (Lipinski definition) is 1. The highest BCUT2D eigenvalue weighted by Gasteiger charge is 2.35. The number of pyridine rings is 1. The Morgan fingerprint density at radius 3 is 2.41 bits per heavy atom. The Hall–Kier alpha value is -1.22. The molecule has 0 saturated heterocycles. The SMILES string of the molecule is Cc1ncc(OC(F)(F)F)c(S(=O)(=O)Cl)c1O. The molecule has 0 aliphatic rings. The highest BCUT2D eigenvalue weighted by molar-refractivity contribution is 8.13. The van der Waals surface area contributed by atoms with Gasteiger partial charge in [0.25, 0.3) is 9.05 Å². The molecule has 0 aliphatic heterocycles. The van der Waals surface area contributed by atoms with E-state index in [9.17, 15) is 26.7 Å². The average Bonchev–Trinajstić information content (AvgIpc) is 2.06. The van der Waals surface area contributed by atoms with Crippen molar-refractivity contribution in [3.63, 3.8) is 0 Å². The van der Waals surface area contributed by atoms with Crippen molar-refractivity contribution in [1.29, 1.82) is 0 Å². The Morgan fingerprint density at radius 2 is 2.00 bits per heavy atom. The number of aromatic nitrogens is 1. The molecule has 0 amide bonds. The summed E-state index contributed by atoms with van der Waals surface area (Å²) in [7, 11) is 0.305. The van der Waals surface area contributed by atoms with E-state index >= 15 is 0 Å². The molecule has 10 heteroatoms. The van der Waals surface area contributed by atoms with Crippen molar-refractivity contribution in [1.82, 2.24) is 4.98 Å². The summed E-state index contributed by atoms with van der Waals surface area (Å²) in [6.45, 7) is 1.19. The van der Waals surface area contributed by atoms with Gasteiger partial charge in [0, 0.05) is 10.7 Å². The molecule has 0 fully saturated rings. The van der Waals surface area contributed by atoms with Crippen LogP contribution in [0.1, 0.15) is 5.69 Å². The first-order valence-electron chi connectivity index (χ1n) is 3.91. The predicted molar refractivity (Wildman–Crippen MR) is 50.4 cm³/mol. The van der Waals surface area contributed by atoms with Gasteiger partial charge in [-0.15, -0.1) is 13.2 Å². The summed E-state index contributed by atoms with van der Waals surface area (Å²) in [5.74, 6) is -2.17. The Labute approximate surface area is 98.2 Å². The smallest absolute Gasteiger partial charge is 0.505 e. The maximum atomic E-state index is 12.0. The van der Waals surface area contributed by atoms with Crippen LogP contribution in [0, 0.1) is 6.92 Å². The molecule has 0 spiro atoms. The fourth-order valence-corrected chi connectivity index (χ4v) is 2.15. The summed E-state index contributed by atoms with van der Waals surface area (Å²) < 4.78 is 61.4. The minimum absolute atomic E-state index is 0.196. The maximum Gasteiger partial charge on any atom is 0.573 e. The molecule has 96 valence electrons. The van der Waals surface area contributed by atoms with Gasteiger partial charge in [-0.3, -0.25) is 4.98 Å². The quantitative estimate of drug-likeness (QED) is 0.843. The normalized spacial score (nSPS) is 12.5. The second kappa shape index (κ2) is 4.22. The summed E-state index contributed by atoms with van der Waals surface area (Å²) in [6, 6.07) is 0. The predicted octanol–water partition coefficient (Wildman–Crippen LogP) is 1.92. The van der Waals surface area contributed by atoms with Crippen LogP contribution >= 0.6 is 10.7 Å². The van der Waals surface area contributed by atoms with Gasteiger partial charge in [0.15, 0.2) is 16.4 Å². The zero-order valence-electron chi connectivity index (χ0n) is 8.12. The van der Waals surface area contributed by atoms with Crippen molar-refractivity contribution in [2.24, 2.45) is 0 Å². The van der Waals surface area contributed by atoms with Crippen LogP contribution in [0.25, 0.3) is 0 Å². The van der Waals surface area contributed by atoms with Gasteiger partial charge in [-0.2, -0.15) is 0 Å². The van der Waals surface area contributed by atoms with Crippen LogP contribution in [0.4, 0.5) is 13.2 Å². The molecule has 1 rings (SSSR count). The van der Waals surface area contributed by atoms with Crippen LogP contribution in [-0.4, -0.2) is 24.9 Å². The molecule has 1 aromatic heterocycles. The first kappa shape index (κ1) is 13.8. The molecule has 0 bridgehead atoms. The van der Waals surface area contributed by atoms with Crippen LogP contribution in [0.3, 0.4) is 0 Å². The Kier molecular flexibility index (Phi) is 3.44. The highest BCUT2D eigenvalue weighted by Crippen LogP contribution is 2.38. The summed E-state index contributed by atoms with van der Waals surface area (Å²) in [4.78, 5) is 2.18. The molecule has 1 heterocycles. The van der Waals surface area contributed by atoms with Crippen molar-refractivity contribution in [2.45, 2.75) is 18.2 Å². The topological polar surface area (TPSA) is 76.5 Å². The van der Waals surface area contributed by atoms with E-state index in [4.69, 9.17) is 10.7 Å². The van der Waals surface area contributed by atoms with Crippen LogP contribution in [0.5, 0.6) is 11.5 Å². The van der Waals surface area contributed by atoms with E-state index in [2.05, 4.69) is 9.72 Å². The molecule has 0 unspecified atom stereocenters. The van der Waals surface area contributed by atoms with Crippen molar-refractivity contribution in [2.75, 3.05) is 0 Å². The second-order valence-electron chi connectivity index (χ2n) is 2.87. The number of nitrogens with zero attached hydrogens (tertiary/aromatic N) is 1. The van der Waals surface area contributed by atoms with Gasteiger partial charge in [0.2, 0.25) is 0 Å². The zero-order chi connectivity index (χ0) is 13.4. The fourth-order valence-electron chi connectivity index (χ4n) is 0.989. The standard InChI is InChI=1S/C7H5ClF3NO4S/c1-3-5(13)6(17(8,14)15)4(2-12-3)16-7(9,10)11/h2,13H,1H3. The van der Waals surface area contributed by atoms with Gasteiger partial charge < -0.3 is 9.84 Å². The van der Waals surface area contributed by atoms with Crippen LogP contribution in [-0.2, 0) is 9.05 Å². The number of aromatic hydroxyl groups is 1. The van der Waals surface area contributed by atoms with Crippen molar-refractivity contribution in [3.8, 4) is 11.5 Å². The van der Waals surface area contributed by atoms with Gasteiger partial charge in [-0.25, -0.2) is 8.42 Å². The fraction of sp³-hybridized carbons (Fsp3) is 0.286. The van der Waals surface area contributed by atoms with Gasteiger partial charge in [0.1, 0.15) is 0 Å².